The molecule has 0 aliphatic heterocycles. The number of rotatable bonds is 2. The summed E-state index contributed by atoms with van der Waals surface area (Å²) >= 11 is 0. The summed E-state index contributed by atoms with van der Waals surface area (Å²) in [6.45, 7) is 0. The molecule has 0 heterocycles. The van der Waals surface area contributed by atoms with Crippen LogP contribution in [0.4, 0.5) is 24.5 Å². The number of carbonyl (C=O) groups is 1. The molecule has 0 aliphatic rings. The quantitative estimate of drug-likeness (QED) is 0.821. The van der Waals surface area contributed by atoms with E-state index in [1.807, 2.05) is 0 Å². The zero-order valence-electron chi connectivity index (χ0n) is 9.58. The lowest BCUT2D eigenvalue weighted by Crippen LogP contribution is -2.14. The molecule has 0 aliphatic carbocycles. The van der Waals surface area contributed by atoms with Crippen LogP contribution in [0.5, 0.6) is 0 Å². The van der Waals surface area contributed by atoms with E-state index in [0.717, 1.165) is 18.2 Å². The van der Waals surface area contributed by atoms with Crippen LogP contribution in [0, 0.1) is 17.5 Å². The molecule has 3 N–H and O–H groups in total. The predicted molar refractivity (Wildman–Crippen MR) is 65.1 cm³/mol. The van der Waals surface area contributed by atoms with Gasteiger partial charge in [0.1, 0.15) is 5.82 Å². The van der Waals surface area contributed by atoms with Crippen molar-refractivity contribution in [3.05, 3.63) is 59.4 Å². The minimum atomic E-state index is -1.25. The van der Waals surface area contributed by atoms with Crippen LogP contribution in [0.1, 0.15) is 10.4 Å². The van der Waals surface area contributed by atoms with Gasteiger partial charge in [0.25, 0.3) is 5.91 Å². The Morgan fingerprint density at radius 2 is 1.79 bits per heavy atom. The van der Waals surface area contributed by atoms with Crippen molar-refractivity contribution >= 4 is 17.3 Å². The third-order valence-corrected chi connectivity index (χ3v) is 2.45. The second kappa shape index (κ2) is 5.01. The van der Waals surface area contributed by atoms with Gasteiger partial charge in [-0.3, -0.25) is 4.79 Å². The van der Waals surface area contributed by atoms with E-state index in [-0.39, 0.29) is 11.4 Å². The molecule has 0 saturated heterocycles. The van der Waals surface area contributed by atoms with Crippen molar-refractivity contribution in [2.24, 2.45) is 0 Å². The number of nitrogens with two attached hydrogens (primary N) is 1. The lowest BCUT2D eigenvalue weighted by Gasteiger charge is -2.07. The normalized spacial score (nSPS) is 10.3. The van der Waals surface area contributed by atoms with Crippen molar-refractivity contribution in [2.75, 3.05) is 11.1 Å². The van der Waals surface area contributed by atoms with Crippen LogP contribution >= 0.6 is 0 Å². The Balaban J connectivity index is 2.26. The maximum absolute atomic E-state index is 13.4. The summed E-state index contributed by atoms with van der Waals surface area (Å²) in [4.78, 5) is 11.7. The predicted octanol–water partition coefficient (Wildman–Crippen LogP) is 2.94. The first-order valence-electron chi connectivity index (χ1n) is 5.29. The topological polar surface area (TPSA) is 55.1 Å². The van der Waals surface area contributed by atoms with Crippen molar-refractivity contribution in [1.29, 1.82) is 0 Å². The van der Waals surface area contributed by atoms with E-state index in [1.165, 1.54) is 18.2 Å². The first-order chi connectivity index (χ1) is 8.99. The first kappa shape index (κ1) is 12.9. The molecule has 0 atom stereocenters. The molecule has 0 radical (unpaired) electrons. The SMILES string of the molecule is Nc1ccc(NC(=O)c2cccc(F)c2F)cc1F. The fraction of sp³-hybridized carbons (Fsp3) is 0. The van der Waals surface area contributed by atoms with E-state index < -0.39 is 28.9 Å². The van der Waals surface area contributed by atoms with Crippen molar-refractivity contribution in [3.8, 4) is 0 Å². The van der Waals surface area contributed by atoms with Gasteiger partial charge in [-0.15, -0.1) is 0 Å². The third kappa shape index (κ3) is 2.67. The van der Waals surface area contributed by atoms with E-state index >= 15 is 0 Å². The number of nitrogens with one attached hydrogen (secondary N) is 1. The number of halogens is 3. The molecule has 6 heteroatoms. The molecule has 0 bridgehead atoms. The Kier molecular flexibility index (Phi) is 3.41. The highest BCUT2D eigenvalue weighted by molar-refractivity contribution is 6.04. The molecule has 98 valence electrons. The highest BCUT2D eigenvalue weighted by atomic mass is 19.2. The van der Waals surface area contributed by atoms with Gasteiger partial charge < -0.3 is 11.1 Å². The number of benzene rings is 2. The largest absolute Gasteiger partial charge is 0.396 e. The Hall–Kier alpha value is -2.50. The third-order valence-electron chi connectivity index (χ3n) is 2.45. The molecular formula is C13H9F3N2O. The molecular weight excluding hydrogens is 257 g/mol. The second-order valence-corrected chi connectivity index (χ2v) is 3.79. The van der Waals surface area contributed by atoms with Gasteiger partial charge in [-0.25, -0.2) is 13.2 Å². The summed E-state index contributed by atoms with van der Waals surface area (Å²) < 4.78 is 39.5. The van der Waals surface area contributed by atoms with Crippen molar-refractivity contribution in [3.63, 3.8) is 0 Å². The van der Waals surface area contributed by atoms with E-state index in [2.05, 4.69) is 5.32 Å². The summed E-state index contributed by atoms with van der Waals surface area (Å²) in [5.74, 6) is -3.97. The van der Waals surface area contributed by atoms with E-state index in [9.17, 15) is 18.0 Å². The fourth-order valence-corrected chi connectivity index (χ4v) is 1.48. The van der Waals surface area contributed by atoms with Crippen LogP contribution in [0.15, 0.2) is 36.4 Å². The van der Waals surface area contributed by atoms with Crippen LogP contribution in [0.25, 0.3) is 0 Å². The van der Waals surface area contributed by atoms with Gasteiger partial charge in [0.05, 0.1) is 11.3 Å². The maximum atomic E-state index is 13.4. The van der Waals surface area contributed by atoms with Gasteiger partial charge in [0.2, 0.25) is 0 Å². The summed E-state index contributed by atoms with van der Waals surface area (Å²) in [5.41, 5.74) is 4.84. The molecule has 0 spiro atoms. The smallest absolute Gasteiger partial charge is 0.258 e. The van der Waals surface area contributed by atoms with Gasteiger partial charge in [0.15, 0.2) is 11.6 Å². The molecule has 0 fully saturated rings. The highest BCUT2D eigenvalue weighted by Gasteiger charge is 2.15. The monoisotopic (exact) mass is 266 g/mol. The molecule has 0 aromatic heterocycles. The summed E-state index contributed by atoms with van der Waals surface area (Å²) in [7, 11) is 0. The molecule has 1 amide bonds. The van der Waals surface area contributed by atoms with Gasteiger partial charge in [0, 0.05) is 5.69 Å². The van der Waals surface area contributed by atoms with Crippen molar-refractivity contribution in [1.82, 2.24) is 0 Å². The van der Waals surface area contributed by atoms with Crippen LogP contribution in [0.2, 0.25) is 0 Å². The summed E-state index contributed by atoms with van der Waals surface area (Å²) in [6, 6.07) is 6.83. The lowest BCUT2D eigenvalue weighted by molar-refractivity contribution is 0.102. The van der Waals surface area contributed by atoms with Crippen LogP contribution in [0.3, 0.4) is 0 Å². The van der Waals surface area contributed by atoms with Gasteiger partial charge in [-0.1, -0.05) is 6.07 Å². The highest BCUT2D eigenvalue weighted by Crippen LogP contribution is 2.18. The number of carbonyl (C=O) groups excluding carboxylic acids is 1. The minimum Gasteiger partial charge on any atom is -0.396 e. The standard InChI is InChI=1S/C13H9F3N2O/c14-9-3-1-2-8(12(9)16)13(19)18-7-4-5-11(17)10(15)6-7/h1-6H,17H2,(H,18,19). The molecule has 19 heavy (non-hydrogen) atoms. The average Bonchev–Trinajstić information content (AvgIpc) is 2.37. The molecule has 0 unspecified atom stereocenters. The fourth-order valence-electron chi connectivity index (χ4n) is 1.48. The lowest BCUT2D eigenvalue weighted by atomic mass is 10.2. The van der Waals surface area contributed by atoms with Crippen LogP contribution in [-0.2, 0) is 0 Å². The molecule has 0 saturated carbocycles. The van der Waals surface area contributed by atoms with Crippen LogP contribution < -0.4 is 11.1 Å². The van der Waals surface area contributed by atoms with E-state index in [1.54, 1.807) is 0 Å². The number of amides is 1. The van der Waals surface area contributed by atoms with Crippen LogP contribution in [-0.4, -0.2) is 5.91 Å². The molecule has 2 aromatic rings. The van der Waals surface area contributed by atoms with Gasteiger partial charge in [-0.2, -0.15) is 0 Å². The Bertz CT molecular complexity index is 644. The van der Waals surface area contributed by atoms with Crippen molar-refractivity contribution < 1.29 is 18.0 Å². The Morgan fingerprint density at radius 1 is 1.05 bits per heavy atom. The molecule has 2 aromatic carbocycles. The maximum Gasteiger partial charge on any atom is 0.258 e. The van der Waals surface area contributed by atoms with E-state index in [0.29, 0.717) is 0 Å². The average molecular weight is 266 g/mol. The van der Waals surface area contributed by atoms with Crippen molar-refractivity contribution in [2.45, 2.75) is 0 Å². The Labute approximate surface area is 106 Å². The summed E-state index contributed by atoms with van der Waals surface area (Å²) in [6.07, 6.45) is 0. The molecule has 2 rings (SSSR count). The second-order valence-electron chi connectivity index (χ2n) is 3.79. The molecule has 3 nitrogen and oxygen atoms in total. The summed E-state index contributed by atoms with van der Waals surface area (Å²) in [5, 5.41) is 2.25. The minimum absolute atomic E-state index is 0.0741. The first-order valence-corrected chi connectivity index (χ1v) is 5.29. The zero-order chi connectivity index (χ0) is 14.0. The van der Waals surface area contributed by atoms with Gasteiger partial charge in [-0.05, 0) is 30.3 Å². The zero-order valence-corrected chi connectivity index (χ0v) is 9.58. The Morgan fingerprint density at radius 3 is 2.47 bits per heavy atom. The number of anilines is 2. The number of hydrogen-bond donors (Lipinski definition) is 2. The number of hydrogen-bond acceptors (Lipinski definition) is 2. The number of nitrogen functional groups attached to an aromatic ring is 1. The van der Waals surface area contributed by atoms with E-state index in [4.69, 9.17) is 5.73 Å². The van der Waals surface area contributed by atoms with Gasteiger partial charge >= 0.3 is 0 Å².